The molecule has 1 amide bonds. The van der Waals surface area contributed by atoms with Gasteiger partial charge in [0.2, 0.25) is 0 Å². The van der Waals surface area contributed by atoms with Gasteiger partial charge >= 0.3 is 15.3 Å². The van der Waals surface area contributed by atoms with E-state index < -0.39 is 27.5 Å². The topological polar surface area (TPSA) is 63.7 Å². The molecule has 3 rings (SSSR count). The minimum Gasteiger partial charge on any atom is -0.438 e. The molecule has 0 saturated carbocycles. The van der Waals surface area contributed by atoms with E-state index in [9.17, 15) is 13.2 Å². The summed E-state index contributed by atoms with van der Waals surface area (Å²) in [6, 6.07) is 16.9. The van der Waals surface area contributed by atoms with Gasteiger partial charge in [0.1, 0.15) is 6.04 Å². The molecule has 0 bridgehead atoms. The van der Waals surface area contributed by atoms with Crippen LogP contribution >= 0.6 is 10.7 Å². The Balaban J connectivity index is 2.13. The lowest BCUT2D eigenvalue weighted by Crippen LogP contribution is -2.31. The van der Waals surface area contributed by atoms with Crippen molar-refractivity contribution in [2.75, 3.05) is 0 Å². The fourth-order valence-electron chi connectivity index (χ4n) is 2.54. The molecule has 1 aliphatic heterocycles. The van der Waals surface area contributed by atoms with Crippen LogP contribution in [0.3, 0.4) is 0 Å². The van der Waals surface area contributed by atoms with E-state index in [1.54, 1.807) is 54.6 Å². The normalized spacial score (nSPS) is 21.7. The van der Waals surface area contributed by atoms with Gasteiger partial charge in [-0.3, -0.25) is 0 Å². The monoisotopic (exact) mass is 337 g/mol. The second kappa shape index (κ2) is 5.62. The second-order valence-electron chi connectivity index (χ2n) is 4.81. The fraction of sp³-hybridized carbons (Fsp3) is 0.133. The molecular formula is C15H12ClNO4S. The van der Waals surface area contributed by atoms with Gasteiger partial charge in [0.05, 0.1) is 0 Å². The Bertz CT molecular complexity index is 780. The van der Waals surface area contributed by atoms with Crippen molar-refractivity contribution < 1.29 is 17.9 Å². The third-order valence-corrected chi connectivity index (χ3v) is 4.74. The molecule has 0 unspecified atom stereocenters. The first kappa shape index (κ1) is 14.9. The van der Waals surface area contributed by atoms with Crippen molar-refractivity contribution in [1.82, 2.24) is 4.31 Å². The summed E-state index contributed by atoms with van der Waals surface area (Å²) in [5, 5.41) is 0. The van der Waals surface area contributed by atoms with Crippen LogP contribution in [0.2, 0.25) is 0 Å². The van der Waals surface area contributed by atoms with Crippen LogP contribution in [0.5, 0.6) is 0 Å². The molecular weight excluding hydrogens is 326 g/mol. The molecule has 0 radical (unpaired) electrons. The first-order valence-electron chi connectivity index (χ1n) is 6.53. The van der Waals surface area contributed by atoms with E-state index in [2.05, 4.69) is 0 Å². The first-order valence-corrected chi connectivity index (χ1v) is 8.79. The van der Waals surface area contributed by atoms with Crippen molar-refractivity contribution in [3.05, 3.63) is 71.8 Å². The summed E-state index contributed by atoms with van der Waals surface area (Å²) in [5.74, 6) is 0. The average Bonchev–Trinajstić information content (AvgIpc) is 2.86. The number of halogens is 1. The van der Waals surface area contributed by atoms with E-state index in [1.807, 2.05) is 6.07 Å². The van der Waals surface area contributed by atoms with E-state index >= 15 is 0 Å². The van der Waals surface area contributed by atoms with Gasteiger partial charge in [0.15, 0.2) is 6.10 Å². The molecule has 1 saturated heterocycles. The van der Waals surface area contributed by atoms with Crippen LogP contribution in [0.4, 0.5) is 4.79 Å². The maximum atomic E-state index is 12.0. The molecule has 5 nitrogen and oxygen atoms in total. The fourth-order valence-corrected chi connectivity index (χ4v) is 3.69. The predicted molar refractivity (Wildman–Crippen MR) is 81.5 cm³/mol. The molecule has 0 aliphatic carbocycles. The zero-order chi connectivity index (χ0) is 15.7. The summed E-state index contributed by atoms with van der Waals surface area (Å²) in [4.78, 5) is 12.0. The highest BCUT2D eigenvalue weighted by atomic mass is 35.7. The third-order valence-electron chi connectivity index (χ3n) is 3.45. The number of benzene rings is 2. The largest absolute Gasteiger partial charge is 0.438 e. The van der Waals surface area contributed by atoms with E-state index in [0.717, 1.165) is 0 Å². The van der Waals surface area contributed by atoms with E-state index in [0.29, 0.717) is 15.4 Å². The number of cyclic esters (lactones) is 1. The van der Waals surface area contributed by atoms with Gasteiger partial charge in [-0.05, 0) is 11.1 Å². The number of hydrogen-bond acceptors (Lipinski definition) is 4. The van der Waals surface area contributed by atoms with Gasteiger partial charge < -0.3 is 4.74 Å². The number of ether oxygens (including phenoxy) is 1. The molecule has 0 N–H and O–H groups in total. The zero-order valence-corrected chi connectivity index (χ0v) is 12.9. The van der Waals surface area contributed by atoms with Crippen LogP contribution in [-0.4, -0.2) is 18.8 Å². The van der Waals surface area contributed by atoms with Crippen molar-refractivity contribution in [2.24, 2.45) is 0 Å². The summed E-state index contributed by atoms with van der Waals surface area (Å²) in [5.41, 5.74) is 1.33. The maximum Gasteiger partial charge on any atom is 0.425 e. The van der Waals surface area contributed by atoms with Crippen molar-refractivity contribution in [3.8, 4) is 0 Å². The molecule has 2 aromatic rings. The SMILES string of the molecule is O=C1O[C@@H](c2ccccc2)[C@@H](c2ccccc2)N1S(=O)(=O)Cl. The van der Waals surface area contributed by atoms with Crippen molar-refractivity contribution in [1.29, 1.82) is 0 Å². The average molecular weight is 338 g/mol. The molecule has 22 heavy (non-hydrogen) atoms. The number of nitrogens with zero attached hydrogens (tertiary/aromatic N) is 1. The molecule has 2 atom stereocenters. The lowest BCUT2D eigenvalue weighted by molar-refractivity contribution is 0.131. The van der Waals surface area contributed by atoms with Gasteiger partial charge in [-0.1, -0.05) is 60.7 Å². The van der Waals surface area contributed by atoms with Crippen molar-refractivity contribution in [2.45, 2.75) is 12.1 Å². The second-order valence-corrected chi connectivity index (χ2v) is 7.20. The number of carbonyl (C=O) groups excluding carboxylic acids is 1. The summed E-state index contributed by atoms with van der Waals surface area (Å²) >= 11 is 0. The lowest BCUT2D eigenvalue weighted by atomic mass is 9.97. The highest BCUT2D eigenvalue weighted by Crippen LogP contribution is 2.44. The number of rotatable bonds is 3. The Hall–Kier alpha value is -2.05. The predicted octanol–water partition coefficient (Wildman–Crippen LogP) is 3.40. The van der Waals surface area contributed by atoms with Crippen LogP contribution < -0.4 is 0 Å². The van der Waals surface area contributed by atoms with Crippen LogP contribution in [0, 0.1) is 0 Å². The highest BCUT2D eigenvalue weighted by Gasteiger charge is 2.49. The minimum atomic E-state index is -4.26. The molecule has 0 spiro atoms. The number of hydrogen-bond donors (Lipinski definition) is 0. The van der Waals surface area contributed by atoms with E-state index in [1.165, 1.54) is 0 Å². The first-order chi connectivity index (χ1) is 10.5. The summed E-state index contributed by atoms with van der Waals surface area (Å²) < 4.78 is 29.5. The molecule has 7 heteroatoms. The molecule has 114 valence electrons. The van der Waals surface area contributed by atoms with Crippen LogP contribution in [-0.2, 0) is 14.0 Å². The van der Waals surface area contributed by atoms with Crippen LogP contribution in [0.25, 0.3) is 0 Å². The molecule has 1 fully saturated rings. The summed E-state index contributed by atoms with van der Waals surface area (Å²) in [6.07, 6.45) is -1.72. The summed E-state index contributed by atoms with van der Waals surface area (Å²) in [7, 11) is 1.17. The van der Waals surface area contributed by atoms with Gasteiger partial charge in [-0.2, -0.15) is 12.7 Å². The molecule has 1 heterocycles. The van der Waals surface area contributed by atoms with Crippen molar-refractivity contribution in [3.63, 3.8) is 0 Å². The Morgan fingerprint density at radius 3 is 1.91 bits per heavy atom. The summed E-state index contributed by atoms with van der Waals surface area (Å²) in [6.45, 7) is 0. The maximum absolute atomic E-state index is 12.0. The number of carbonyl (C=O) groups is 1. The van der Waals surface area contributed by atoms with Gasteiger partial charge in [-0.25, -0.2) is 4.79 Å². The van der Waals surface area contributed by atoms with Crippen LogP contribution in [0.15, 0.2) is 60.7 Å². The highest BCUT2D eigenvalue weighted by molar-refractivity contribution is 8.12. The van der Waals surface area contributed by atoms with Crippen LogP contribution in [0.1, 0.15) is 23.3 Å². The molecule has 2 aromatic carbocycles. The Kier molecular flexibility index (Phi) is 3.80. The van der Waals surface area contributed by atoms with Crippen molar-refractivity contribution >= 4 is 26.0 Å². The zero-order valence-electron chi connectivity index (χ0n) is 11.3. The molecule has 1 aliphatic rings. The Labute approximate surface area is 132 Å². The standard InChI is InChI=1S/C15H12ClNO4S/c16-22(19,20)17-13(11-7-3-1-4-8-11)14(21-15(17)18)12-9-5-2-6-10-12/h1-10,13-14H/t13-,14+/m1/s1. The van der Waals surface area contributed by atoms with Gasteiger partial charge in [0, 0.05) is 10.7 Å². The minimum absolute atomic E-state index is 0.585. The smallest absolute Gasteiger partial charge is 0.425 e. The Morgan fingerprint density at radius 2 is 1.41 bits per heavy atom. The van der Waals surface area contributed by atoms with E-state index in [-0.39, 0.29) is 0 Å². The van der Waals surface area contributed by atoms with E-state index in [4.69, 9.17) is 15.4 Å². The van der Waals surface area contributed by atoms with Gasteiger partial charge in [0.25, 0.3) is 0 Å². The lowest BCUT2D eigenvalue weighted by Gasteiger charge is -2.22. The Morgan fingerprint density at radius 1 is 0.909 bits per heavy atom. The third kappa shape index (κ3) is 2.67. The van der Waals surface area contributed by atoms with Gasteiger partial charge in [-0.15, -0.1) is 0 Å². The number of amides is 1. The quantitative estimate of drug-likeness (QED) is 0.805. The molecule has 0 aromatic heterocycles.